The lowest BCUT2D eigenvalue weighted by molar-refractivity contribution is 0.0285. The summed E-state index contributed by atoms with van der Waals surface area (Å²) >= 11 is 0. The maximum absolute atomic E-state index is 13.3. The molecule has 0 unspecified atom stereocenters. The summed E-state index contributed by atoms with van der Waals surface area (Å²) < 4.78 is 18.6. The quantitative estimate of drug-likeness (QED) is 0.570. The normalized spacial score (nSPS) is 10.8. The van der Waals surface area contributed by atoms with Crippen molar-refractivity contribution in [3.63, 3.8) is 0 Å². The fourth-order valence-corrected chi connectivity index (χ4v) is 1.35. The minimum absolute atomic E-state index is 0.00623. The Balaban J connectivity index is 3.12. The van der Waals surface area contributed by atoms with Crippen LogP contribution in [-0.4, -0.2) is 30.4 Å². The number of nitrogens with zero attached hydrogens (tertiary/aromatic N) is 2. The molecule has 8 heteroatoms. The van der Waals surface area contributed by atoms with Crippen molar-refractivity contribution >= 4 is 11.7 Å². The van der Waals surface area contributed by atoms with E-state index in [0.717, 1.165) is 17.1 Å². The first-order valence-electron chi connectivity index (χ1n) is 5.82. The van der Waals surface area contributed by atoms with Gasteiger partial charge < -0.3 is 15.2 Å². The molecule has 1 rings (SSSR count). The molecule has 110 valence electrons. The van der Waals surface area contributed by atoms with Gasteiger partial charge in [0.1, 0.15) is 23.9 Å². The number of amides is 2. The van der Waals surface area contributed by atoms with E-state index < -0.39 is 17.4 Å². The van der Waals surface area contributed by atoms with Crippen LogP contribution in [0.1, 0.15) is 13.8 Å². The van der Waals surface area contributed by atoms with Crippen LogP contribution in [0.2, 0.25) is 0 Å². The topological polar surface area (TPSA) is 98.0 Å². The number of benzene rings is 1. The SMILES string of the molecule is CNC(=O)N(N=N)c1ccc(F)cc1OCC(C)(C)O. The highest BCUT2D eigenvalue weighted by Crippen LogP contribution is 2.30. The molecule has 0 fully saturated rings. The predicted molar refractivity (Wildman–Crippen MR) is 70.3 cm³/mol. The Bertz CT molecular complexity index is 502. The number of hydrogen-bond acceptors (Lipinski definition) is 5. The van der Waals surface area contributed by atoms with Crippen molar-refractivity contribution in [2.45, 2.75) is 19.4 Å². The van der Waals surface area contributed by atoms with Crippen molar-refractivity contribution < 1.29 is 19.0 Å². The lowest BCUT2D eigenvalue weighted by Crippen LogP contribution is -2.34. The Kier molecular flexibility index (Phi) is 4.98. The Hall–Kier alpha value is -2.22. The van der Waals surface area contributed by atoms with Crippen molar-refractivity contribution in [1.29, 1.82) is 5.53 Å². The third-order valence-electron chi connectivity index (χ3n) is 2.24. The van der Waals surface area contributed by atoms with Gasteiger partial charge in [-0.05, 0) is 26.0 Å². The van der Waals surface area contributed by atoms with E-state index in [0.29, 0.717) is 0 Å². The summed E-state index contributed by atoms with van der Waals surface area (Å²) in [5, 5.41) is 15.7. The minimum Gasteiger partial charge on any atom is -0.488 e. The lowest BCUT2D eigenvalue weighted by atomic mass is 10.2. The highest BCUT2D eigenvalue weighted by atomic mass is 19.1. The predicted octanol–water partition coefficient (Wildman–Crippen LogP) is 2.07. The average molecular weight is 284 g/mol. The highest BCUT2D eigenvalue weighted by Gasteiger charge is 2.21. The minimum atomic E-state index is -1.13. The van der Waals surface area contributed by atoms with Gasteiger partial charge in [0.25, 0.3) is 0 Å². The number of carbonyl (C=O) groups excluding carboxylic acids is 1. The largest absolute Gasteiger partial charge is 0.488 e. The molecule has 1 aromatic rings. The molecular formula is C12H17FN4O3. The highest BCUT2D eigenvalue weighted by molar-refractivity contribution is 5.92. The van der Waals surface area contributed by atoms with Crippen molar-refractivity contribution in [2.24, 2.45) is 5.22 Å². The van der Waals surface area contributed by atoms with Crippen molar-refractivity contribution in [3.8, 4) is 5.75 Å². The van der Waals surface area contributed by atoms with E-state index >= 15 is 0 Å². The van der Waals surface area contributed by atoms with E-state index in [1.807, 2.05) is 0 Å². The second-order valence-corrected chi connectivity index (χ2v) is 4.68. The summed E-state index contributed by atoms with van der Waals surface area (Å²) in [5.74, 6) is -0.562. The van der Waals surface area contributed by atoms with E-state index in [1.165, 1.54) is 27.0 Å². The molecule has 0 spiro atoms. The zero-order valence-corrected chi connectivity index (χ0v) is 11.5. The van der Waals surface area contributed by atoms with Gasteiger partial charge in [-0.2, -0.15) is 10.5 Å². The molecule has 0 heterocycles. The molecule has 2 amide bonds. The first-order chi connectivity index (χ1) is 9.28. The smallest absolute Gasteiger partial charge is 0.343 e. The number of carbonyl (C=O) groups is 1. The molecule has 0 atom stereocenters. The Morgan fingerprint density at radius 1 is 1.60 bits per heavy atom. The molecule has 3 N–H and O–H groups in total. The van der Waals surface area contributed by atoms with Crippen LogP contribution in [0.3, 0.4) is 0 Å². The van der Waals surface area contributed by atoms with Gasteiger partial charge in [0.05, 0.1) is 5.60 Å². The number of anilines is 1. The first kappa shape index (κ1) is 15.8. The average Bonchev–Trinajstić information content (AvgIpc) is 2.38. The number of nitrogens with one attached hydrogen (secondary N) is 2. The molecule has 0 aliphatic carbocycles. The van der Waals surface area contributed by atoms with Gasteiger partial charge in [0.15, 0.2) is 0 Å². The van der Waals surface area contributed by atoms with Gasteiger partial charge in [0.2, 0.25) is 0 Å². The second-order valence-electron chi connectivity index (χ2n) is 4.68. The van der Waals surface area contributed by atoms with Crippen LogP contribution in [0.4, 0.5) is 14.9 Å². The van der Waals surface area contributed by atoms with Crippen LogP contribution in [0, 0.1) is 11.3 Å². The van der Waals surface area contributed by atoms with Gasteiger partial charge in [-0.15, -0.1) is 0 Å². The van der Waals surface area contributed by atoms with E-state index in [2.05, 4.69) is 10.5 Å². The third kappa shape index (κ3) is 4.16. The Morgan fingerprint density at radius 3 is 2.75 bits per heavy atom. The van der Waals surface area contributed by atoms with Crippen molar-refractivity contribution in [1.82, 2.24) is 5.32 Å². The lowest BCUT2D eigenvalue weighted by Gasteiger charge is -2.22. The van der Waals surface area contributed by atoms with Gasteiger partial charge in [-0.25, -0.2) is 9.18 Å². The summed E-state index contributed by atoms with van der Waals surface area (Å²) in [5.41, 5.74) is 6.00. The van der Waals surface area contributed by atoms with E-state index in [9.17, 15) is 14.3 Å². The number of rotatable bonds is 5. The summed E-state index contributed by atoms with van der Waals surface area (Å²) in [6.45, 7) is 2.94. The van der Waals surface area contributed by atoms with Gasteiger partial charge in [0, 0.05) is 13.1 Å². The molecule has 1 aromatic carbocycles. The van der Waals surface area contributed by atoms with Crippen LogP contribution in [0.15, 0.2) is 23.4 Å². The molecule has 0 aliphatic heterocycles. The molecule has 20 heavy (non-hydrogen) atoms. The maximum Gasteiger partial charge on any atom is 0.343 e. The maximum atomic E-state index is 13.3. The number of hydrogen-bond donors (Lipinski definition) is 3. The monoisotopic (exact) mass is 284 g/mol. The number of aliphatic hydroxyl groups is 1. The first-order valence-corrected chi connectivity index (χ1v) is 5.82. The van der Waals surface area contributed by atoms with E-state index in [4.69, 9.17) is 10.3 Å². The number of urea groups is 1. The van der Waals surface area contributed by atoms with E-state index in [-0.39, 0.29) is 18.0 Å². The molecule has 0 aliphatic rings. The molecule has 0 radical (unpaired) electrons. The van der Waals surface area contributed by atoms with Crippen LogP contribution in [-0.2, 0) is 0 Å². The molecule has 7 nitrogen and oxygen atoms in total. The fraction of sp³-hybridized carbons (Fsp3) is 0.417. The van der Waals surface area contributed by atoms with Crippen LogP contribution in [0.25, 0.3) is 0 Å². The Labute approximate surface area is 115 Å². The Morgan fingerprint density at radius 2 is 2.25 bits per heavy atom. The fourth-order valence-electron chi connectivity index (χ4n) is 1.35. The summed E-state index contributed by atoms with van der Waals surface area (Å²) in [4.78, 5) is 11.6. The molecule has 0 saturated carbocycles. The summed E-state index contributed by atoms with van der Waals surface area (Å²) in [6, 6.07) is 2.78. The molecular weight excluding hydrogens is 267 g/mol. The summed E-state index contributed by atoms with van der Waals surface area (Å²) in [6.07, 6.45) is 0. The van der Waals surface area contributed by atoms with E-state index in [1.54, 1.807) is 0 Å². The standard InChI is InChI=1S/C12H17FN4O3/c1-12(2,19)7-20-10-6-8(13)4-5-9(10)17(16-14)11(18)15-3/h4-6,14,19H,7H2,1-3H3,(H,15,18). The zero-order chi connectivity index (χ0) is 15.3. The van der Waals surface area contributed by atoms with Gasteiger partial charge >= 0.3 is 6.03 Å². The molecule has 0 bridgehead atoms. The molecule has 0 aromatic heterocycles. The second kappa shape index (κ2) is 6.29. The van der Waals surface area contributed by atoms with Crippen LogP contribution < -0.4 is 15.1 Å². The number of ether oxygens (including phenoxy) is 1. The number of halogens is 1. The van der Waals surface area contributed by atoms with Crippen molar-refractivity contribution in [3.05, 3.63) is 24.0 Å². The van der Waals surface area contributed by atoms with Crippen LogP contribution >= 0.6 is 0 Å². The van der Waals surface area contributed by atoms with Gasteiger partial charge in [-0.1, -0.05) is 5.22 Å². The van der Waals surface area contributed by atoms with Gasteiger partial charge in [-0.3, -0.25) is 0 Å². The molecule has 0 saturated heterocycles. The zero-order valence-electron chi connectivity index (χ0n) is 11.5. The van der Waals surface area contributed by atoms with Crippen molar-refractivity contribution in [2.75, 3.05) is 18.7 Å². The van der Waals surface area contributed by atoms with Crippen LogP contribution in [0.5, 0.6) is 5.75 Å². The summed E-state index contributed by atoms with van der Waals surface area (Å²) in [7, 11) is 1.38. The third-order valence-corrected chi connectivity index (χ3v) is 2.24.